The van der Waals surface area contributed by atoms with Crippen LogP contribution < -0.4 is 0 Å². The number of aliphatic carboxylic acids is 1. The first kappa shape index (κ1) is 21.5. The second kappa shape index (κ2) is 10.0. The molecule has 3 aromatic carbocycles. The van der Waals surface area contributed by atoms with E-state index in [4.69, 9.17) is 0 Å². The van der Waals surface area contributed by atoms with Crippen LogP contribution in [0.3, 0.4) is 0 Å². The summed E-state index contributed by atoms with van der Waals surface area (Å²) in [5.41, 5.74) is -0.919. The molecule has 0 heterocycles. The number of hydrogen-bond donors (Lipinski definition) is 2. The third-order valence-corrected chi connectivity index (χ3v) is 7.12. The summed E-state index contributed by atoms with van der Waals surface area (Å²) in [4.78, 5) is 12.9. The third kappa shape index (κ3) is 5.24. The molecule has 3 atom stereocenters. The molecule has 0 saturated carbocycles. The molecule has 3 rings (SSSR count). The van der Waals surface area contributed by atoms with Crippen molar-refractivity contribution in [1.29, 1.82) is 0 Å². The molecule has 0 spiro atoms. The van der Waals surface area contributed by atoms with Gasteiger partial charge in [-0.05, 0) is 35.2 Å². The number of aliphatic hydroxyl groups is 1. The molecule has 150 valence electrons. The van der Waals surface area contributed by atoms with Gasteiger partial charge in [-0.1, -0.05) is 71.3 Å². The van der Waals surface area contributed by atoms with E-state index in [1.165, 1.54) is 0 Å². The quantitative estimate of drug-likeness (QED) is 0.351. The Morgan fingerprint density at radius 2 is 1.69 bits per heavy atom. The van der Waals surface area contributed by atoms with Gasteiger partial charge < -0.3 is 10.2 Å². The summed E-state index contributed by atoms with van der Waals surface area (Å²) in [6, 6.07) is 23.9. The number of aryl methyl sites for hydroxylation is 1. The first-order chi connectivity index (χ1) is 14.0. The molecule has 0 aromatic heterocycles. The lowest BCUT2D eigenvalue weighted by atomic mass is 9.85. The Kier molecular flexibility index (Phi) is 7.43. The molecule has 0 bridgehead atoms. The summed E-state index contributed by atoms with van der Waals surface area (Å²) < 4.78 is 11.3. The van der Waals surface area contributed by atoms with Gasteiger partial charge in [-0.15, -0.1) is 11.8 Å². The Morgan fingerprint density at radius 1 is 1.00 bits per heavy atom. The molecule has 0 aliphatic rings. The predicted molar refractivity (Wildman–Crippen MR) is 119 cm³/mol. The van der Waals surface area contributed by atoms with Crippen molar-refractivity contribution < 1.29 is 19.6 Å². The summed E-state index contributed by atoms with van der Waals surface area (Å²) in [5, 5.41) is 22.8. The van der Waals surface area contributed by atoms with Crippen molar-refractivity contribution in [2.75, 3.05) is 11.9 Å². The first-order valence-electron chi connectivity index (χ1n) is 9.50. The van der Waals surface area contributed by atoms with Gasteiger partial charge in [0.25, 0.3) is 0 Å². The smallest absolute Gasteiger partial charge is 0.340 e. The van der Waals surface area contributed by atoms with Crippen LogP contribution in [0.25, 0.3) is 10.8 Å². The van der Waals surface area contributed by atoms with E-state index in [9.17, 15) is 19.6 Å². The normalized spacial score (nSPS) is 14.5. The lowest BCUT2D eigenvalue weighted by molar-refractivity contribution is -0.161. The highest BCUT2D eigenvalue weighted by atomic mass is 32.2. The zero-order chi connectivity index (χ0) is 20.7. The molecule has 0 aliphatic carbocycles. The average Bonchev–Trinajstić information content (AvgIpc) is 2.74. The minimum absolute atomic E-state index is 0.266. The van der Waals surface area contributed by atoms with Crippen molar-refractivity contribution in [3.63, 3.8) is 0 Å². The van der Waals surface area contributed by atoms with Crippen LogP contribution >= 0.6 is 20.2 Å². The number of rotatable bonds is 10. The zero-order valence-corrected chi connectivity index (χ0v) is 17.8. The third-order valence-electron chi connectivity index (χ3n) is 5.20. The molecule has 2 N–H and O–H groups in total. The van der Waals surface area contributed by atoms with E-state index in [0.29, 0.717) is 18.6 Å². The molecular weight excluding hydrogens is 403 g/mol. The summed E-state index contributed by atoms with van der Waals surface area (Å²) in [6.07, 6.45) is 0.881. The fourth-order valence-corrected chi connectivity index (χ4v) is 5.46. The molecule has 6 heteroatoms. The molecule has 0 saturated heterocycles. The predicted octanol–water partition coefficient (Wildman–Crippen LogP) is 5.02. The van der Waals surface area contributed by atoms with Crippen molar-refractivity contribution in [2.24, 2.45) is 5.92 Å². The maximum atomic E-state index is 11.9. The van der Waals surface area contributed by atoms with Crippen LogP contribution in [0.1, 0.15) is 12.0 Å². The van der Waals surface area contributed by atoms with Gasteiger partial charge in [-0.2, -0.15) is 0 Å². The number of benzene rings is 3. The highest BCUT2D eigenvalue weighted by Gasteiger charge is 2.47. The Morgan fingerprint density at radius 3 is 2.41 bits per heavy atom. The Hall–Kier alpha value is -2.20. The van der Waals surface area contributed by atoms with E-state index in [0.717, 1.165) is 21.2 Å². The van der Waals surface area contributed by atoms with E-state index in [-0.39, 0.29) is 6.16 Å². The van der Waals surface area contributed by atoms with Gasteiger partial charge in [0, 0.05) is 16.6 Å². The summed E-state index contributed by atoms with van der Waals surface area (Å²) in [5.74, 6) is -1.42. The minimum atomic E-state index is -2.01. The molecule has 4 nitrogen and oxygen atoms in total. The lowest BCUT2D eigenvalue weighted by Crippen LogP contribution is -2.49. The second-order valence-corrected chi connectivity index (χ2v) is 8.76. The number of carbonyl (C=O) groups is 1. The van der Waals surface area contributed by atoms with Crippen molar-refractivity contribution in [3.05, 3.63) is 78.4 Å². The van der Waals surface area contributed by atoms with Gasteiger partial charge in [-0.3, -0.25) is 0 Å². The van der Waals surface area contributed by atoms with Crippen LogP contribution in [-0.4, -0.2) is 33.7 Å². The number of hydrogen-bond acceptors (Lipinski definition) is 4. The Bertz CT molecular complexity index is 974. The van der Waals surface area contributed by atoms with Gasteiger partial charge in [0.1, 0.15) is 0 Å². The van der Waals surface area contributed by atoms with Gasteiger partial charge in [0.05, 0.1) is 0 Å². The minimum Gasteiger partial charge on any atom is -0.479 e. The second-order valence-electron chi connectivity index (χ2n) is 7.06. The van der Waals surface area contributed by atoms with Crippen LogP contribution in [0.15, 0.2) is 77.7 Å². The highest BCUT2D eigenvalue weighted by Crippen LogP contribution is 2.35. The van der Waals surface area contributed by atoms with Crippen LogP contribution in [0.4, 0.5) is 0 Å². The van der Waals surface area contributed by atoms with E-state index < -0.39 is 25.9 Å². The monoisotopic (exact) mass is 427 g/mol. The van der Waals surface area contributed by atoms with Crippen molar-refractivity contribution in [1.82, 2.24) is 0 Å². The maximum absolute atomic E-state index is 11.9. The van der Waals surface area contributed by atoms with Gasteiger partial charge in [-0.25, -0.2) is 4.79 Å². The fourth-order valence-electron chi connectivity index (χ4n) is 3.46. The molecular formula is C23H24O4PS+. The summed E-state index contributed by atoms with van der Waals surface area (Å²) in [7, 11) is -0.869. The number of carboxylic acid groups (broad SMARTS) is 1. The molecule has 0 fully saturated rings. The molecule has 3 unspecified atom stereocenters. The molecule has 29 heavy (non-hydrogen) atoms. The van der Waals surface area contributed by atoms with E-state index in [1.54, 1.807) is 11.8 Å². The molecule has 0 aliphatic heterocycles. The molecule has 3 aromatic rings. The van der Waals surface area contributed by atoms with Crippen molar-refractivity contribution in [2.45, 2.75) is 23.3 Å². The van der Waals surface area contributed by atoms with Gasteiger partial charge >= 0.3 is 14.4 Å². The fraction of sp³-hybridized carbons (Fsp3) is 0.261. The van der Waals surface area contributed by atoms with Crippen LogP contribution in [0.2, 0.25) is 0 Å². The van der Waals surface area contributed by atoms with E-state index in [1.807, 2.05) is 72.8 Å². The lowest BCUT2D eigenvalue weighted by Gasteiger charge is -2.29. The first-order valence-corrected chi connectivity index (χ1v) is 11.6. The highest BCUT2D eigenvalue weighted by molar-refractivity contribution is 7.99. The topological polar surface area (TPSA) is 74.6 Å². The van der Waals surface area contributed by atoms with Crippen molar-refractivity contribution in [3.8, 4) is 0 Å². The van der Waals surface area contributed by atoms with Crippen molar-refractivity contribution >= 4 is 37.0 Å². The van der Waals surface area contributed by atoms with Crippen LogP contribution in [0.5, 0.6) is 0 Å². The zero-order valence-electron chi connectivity index (χ0n) is 16.0. The number of carboxylic acids is 1. The average molecular weight is 427 g/mol. The number of fused-ring (bicyclic) bond motifs is 1. The maximum Gasteiger partial charge on any atom is 0.340 e. The standard InChI is InChI=1S/C23H23O4PS/c24-22(25)23(26,16-28-27)19(14-13-17-7-2-1-3-8-17)15-29-21-12-6-10-18-9-4-5-11-20(18)21/h1-12,19,26H,13-16H2,(H,24,25)/p+1. The Balaban J connectivity index is 1.83. The van der Waals surface area contributed by atoms with Crippen LogP contribution in [0, 0.1) is 5.92 Å². The SMILES string of the molecule is O=[PH+]CC(O)(C(=O)O)C(CCc1ccccc1)CSc1cccc2ccccc12. The largest absolute Gasteiger partial charge is 0.479 e. The van der Waals surface area contributed by atoms with E-state index in [2.05, 4.69) is 0 Å². The van der Waals surface area contributed by atoms with Gasteiger partial charge in [0.2, 0.25) is 5.60 Å². The summed E-state index contributed by atoms with van der Waals surface area (Å²) in [6.45, 7) is 0. The van der Waals surface area contributed by atoms with Crippen LogP contribution in [-0.2, 0) is 15.8 Å². The van der Waals surface area contributed by atoms with E-state index >= 15 is 0 Å². The summed E-state index contributed by atoms with van der Waals surface area (Å²) >= 11 is 1.54. The Labute approximate surface area is 176 Å². The molecule has 0 amide bonds. The molecule has 0 radical (unpaired) electrons. The number of thioether (sulfide) groups is 1. The van der Waals surface area contributed by atoms with Gasteiger partial charge in [0.15, 0.2) is 6.16 Å².